The van der Waals surface area contributed by atoms with Crippen molar-refractivity contribution in [3.8, 4) is 11.5 Å². The van der Waals surface area contributed by atoms with Gasteiger partial charge in [0.15, 0.2) is 0 Å². The normalized spacial score (nSPS) is 11.0. The molecule has 176 valence electrons. The highest BCUT2D eigenvalue weighted by Crippen LogP contribution is 2.28. The second-order valence-corrected chi connectivity index (χ2v) is 8.20. The van der Waals surface area contributed by atoms with Gasteiger partial charge in [-0.3, -0.25) is 9.59 Å². The van der Waals surface area contributed by atoms with E-state index in [0.29, 0.717) is 37.8 Å². The first-order valence-electron chi connectivity index (χ1n) is 9.93. The number of halogens is 3. The number of ether oxygens (including phenoxy) is 2. The molecule has 0 unspecified atom stereocenters. The monoisotopic (exact) mass is 519 g/mol. The molecule has 0 aliphatic carbocycles. The van der Waals surface area contributed by atoms with Crippen LogP contribution in [0.4, 0.5) is 5.69 Å². The molecular formula is C24H20Cl3N3O4. The van der Waals surface area contributed by atoms with Gasteiger partial charge in [-0.25, -0.2) is 5.43 Å². The molecule has 0 fully saturated rings. The number of methoxy groups -OCH3 is 1. The Morgan fingerprint density at radius 3 is 2.26 bits per heavy atom. The summed E-state index contributed by atoms with van der Waals surface area (Å²) >= 11 is 18.2. The minimum Gasteiger partial charge on any atom is -0.495 e. The van der Waals surface area contributed by atoms with Gasteiger partial charge < -0.3 is 14.8 Å². The van der Waals surface area contributed by atoms with Crippen LogP contribution in [-0.2, 0) is 16.2 Å². The molecule has 0 bridgehead atoms. The molecule has 3 aromatic rings. The molecule has 0 radical (unpaired) electrons. The number of nitrogens with one attached hydrogen (secondary N) is 2. The number of carbonyl (C=O) groups excluding carboxylic acids is 2. The Labute approximate surface area is 211 Å². The Hall–Kier alpha value is -3.26. The van der Waals surface area contributed by atoms with Crippen molar-refractivity contribution in [2.45, 2.75) is 13.5 Å². The molecule has 3 aromatic carbocycles. The van der Waals surface area contributed by atoms with Gasteiger partial charge in [0.2, 0.25) is 0 Å². The molecule has 0 saturated carbocycles. The fourth-order valence-electron chi connectivity index (χ4n) is 2.83. The van der Waals surface area contributed by atoms with Crippen LogP contribution in [0.3, 0.4) is 0 Å². The number of anilines is 1. The van der Waals surface area contributed by atoms with Crippen LogP contribution in [0.25, 0.3) is 0 Å². The van der Waals surface area contributed by atoms with Gasteiger partial charge in [-0.05, 0) is 67.1 Å². The number of hydrogen-bond donors (Lipinski definition) is 2. The van der Waals surface area contributed by atoms with Gasteiger partial charge in [0.1, 0.15) is 18.1 Å². The largest absolute Gasteiger partial charge is 0.495 e. The molecular weight excluding hydrogens is 501 g/mol. The van der Waals surface area contributed by atoms with Crippen LogP contribution in [0.5, 0.6) is 11.5 Å². The van der Waals surface area contributed by atoms with Crippen LogP contribution < -0.4 is 20.2 Å². The Morgan fingerprint density at radius 2 is 1.62 bits per heavy atom. The summed E-state index contributed by atoms with van der Waals surface area (Å²) in [5, 5.41) is 7.87. The Bertz CT molecular complexity index is 1210. The number of amides is 2. The van der Waals surface area contributed by atoms with Gasteiger partial charge in [-0.2, -0.15) is 5.10 Å². The summed E-state index contributed by atoms with van der Waals surface area (Å²) in [5.41, 5.74) is 4.41. The first kappa shape index (κ1) is 25.4. The van der Waals surface area contributed by atoms with Gasteiger partial charge in [-0.15, -0.1) is 0 Å². The van der Waals surface area contributed by atoms with Gasteiger partial charge in [-0.1, -0.05) is 40.9 Å². The number of hydrogen-bond acceptors (Lipinski definition) is 5. The lowest BCUT2D eigenvalue weighted by Crippen LogP contribution is -2.33. The quantitative estimate of drug-likeness (QED) is 0.237. The molecule has 0 aromatic heterocycles. The maximum Gasteiger partial charge on any atom is 0.329 e. The highest BCUT2D eigenvalue weighted by Gasteiger charge is 2.16. The number of benzene rings is 3. The van der Waals surface area contributed by atoms with Gasteiger partial charge in [0, 0.05) is 20.6 Å². The summed E-state index contributed by atoms with van der Waals surface area (Å²) < 4.78 is 10.9. The average molecular weight is 521 g/mol. The van der Waals surface area contributed by atoms with Crippen molar-refractivity contribution in [1.82, 2.24) is 5.43 Å². The van der Waals surface area contributed by atoms with E-state index in [4.69, 9.17) is 44.3 Å². The lowest BCUT2D eigenvalue weighted by molar-refractivity contribution is -0.136. The molecule has 0 aliphatic heterocycles. The van der Waals surface area contributed by atoms with E-state index in [0.717, 1.165) is 5.56 Å². The van der Waals surface area contributed by atoms with Crippen molar-refractivity contribution in [1.29, 1.82) is 0 Å². The number of carbonyl (C=O) groups is 2. The summed E-state index contributed by atoms with van der Waals surface area (Å²) in [6.45, 7) is 1.91. The van der Waals surface area contributed by atoms with Crippen molar-refractivity contribution in [2.75, 3.05) is 12.4 Å². The number of hydrazone groups is 1. The van der Waals surface area contributed by atoms with E-state index < -0.39 is 11.8 Å². The van der Waals surface area contributed by atoms with E-state index in [1.54, 1.807) is 61.5 Å². The maximum atomic E-state index is 12.2. The van der Waals surface area contributed by atoms with E-state index >= 15 is 0 Å². The summed E-state index contributed by atoms with van der Waals surface area (Å²) in [6.07, 6.45) is 0. The SMILES string of the molecule is COc1ccc(Cl)cc1NC(=O)C(=O)N/N=C(\C)c1ccc(OCc2c(Cl)cccc2Cl)cc1. The molecule has 3 rings (SSSR count). The van der Waals surface area contributed by atoms with E-state index in [-0.39, 0.29) is 12.3 Å². The second kappa shape index (κ2) is 11.7. The van der Waals surface area contributed by atoms with Crippen molar-refractivity contribution in [2.24, 2.45) is 5.10 Å². The van der Waals surface area contributed by atoms with Crippen LogP contribution in [0.15, 0.2) is 65.8 Å². The molecule has 0 spiro atoms. The van der Waals surface area contributed by atoms with Crippen molar-refractivity contribution >= 4 is 58.0 Å². The molecule has 0 atom stereocenters. The van der Waals surface area contributed by atoms with Crippen molar-refractivity contribution in [3.63, 3.8) is 0 Å². The average Bonchev–Trinajstić information content (AvgIpc) is 2.82. The zero-order valence-electron chi connectivity index (χ0n) is 18.2. The summed E-state index contributed by atoms with van der Waals surface area (Å²) in [7, 11) is 1.44. The lowest BCUT2D eigenvalue weighted by atomic mass is 10.1. The smallest absolute Gasteiger partial charge is 0.329 e. The molecule has 0 aliphatic rings. The third kappa shape index (κ3) is 6.63. The van der Waals surface area contributed by atoms with Crippen LogP contribution in [0.2, 0.25) is 15.1 Å². The van der Waals surface area contributed by atoms with Crippen LogP contribution >= 0.6 is 34.8 Å². The van der Waals surface area contributed by atoms with Gasteiger partial charge in [0.25, 0.3) is 0 Å². The minimum absolute atomic E-state index is 0.216. The lowest BCUT2D eigenvalue weighted by Gasteiger charge is -2.10. The number of rotatable bonds is 7. The van der Waals surface area contributed by atoms with Crippen LogP contribution in [-0.4, -0.2) is 24.6 Å². The second-order valence-electron chi connectivity index (χ2n) is 6.95. The van der Waals surface area contributed by atoms with E-state index in [9.17, 15) is 9.59 Å². The van der Waals surface area contributed by atoms with Gasteiger partial charge in [0.05, 0.1) is 18.5 Å². The third-order valence-electron chi connectivity index (χ3n) is 4.66. The fourth-order valence-corrected chi connectivity index (χ4v) is 3.50. The van der Waals surface area contributed by atoms with Crippen molar-refractivity contribution < 1.29 is 19.1 Å². The van der Waals surface area contributed by atoms with Crippen LogP contribution in [0, 0.1) is 0 Å². The van der Waals surface area contributed by atoms with Crippen molar-refractivity contribution in [3.05, 3.63) is 86.9 Å². The zero-order chi connectivity index (χ0) is 24.7. The first-order chi connectivity index (χ1) is 16.3. The first-order valence-corrected chi connectivity index (χ1v) is 11.1. The topological polar surface area (TPSA) is 89.0 Å². The molecule has 0 saturated heterocycles. The highest BCUT2D eigenvalue weighted by molar-refractivity contribution is 6.40. The summed E-state index contributed by atoms with van der Waals surface area (Å²) in [5.74, 6) is -0.896. The predicted octanol–water partition coefficient (Wildman–Crippen LogP) is 5.71. The standard InChI is InChI=1S/C24H20Cl3N3O4/c1-14(29-30-24(32)23(31)28-21-12-16(25)8-11-22(21)33-2)15-6-9-17(10-7-15)34-13-18-19(26)4-3-5-20(18)27/h3-12H,13H2,1-2H3,(H,28,31)(H,30,32)/b29-14+. The van der Waals surface area contributed by atoms with E-state index in [1.807, 2.05) is 0 Å². The molecule has 7 nitrogen and oxygen atoms in total. The Balaban J connectivity index is 1.58. The minimum atomic E-state index is -0.946. The Morgan fingerprint density at radius 1 is 0.941 bits per heavy atom. The molecule has 10 heteroatoms. The molecule has 2 N–H and O–H groups in total. The third-order valence-corrected chi connectivity index (χ3v) is 5.60. The zero-order valence-corrected chi connectivity index (χ0v) is 20.5. The molecule has 34 heavy (non-hydrogen) atoms. The van der Waals surface area contributed by atoms with Gasteiger partial charge >= 0.3 is 11.8 Å². The molecule has 0 heterocycles. The summed E-state index contributed by atoms with van der Waals surface area (Å²) in [6, 6.07) is 16.9. The number of nitrogens with zero attached hydrogens (tertiary/aromatic N) is 1. The van der Waals surface area contributed by atoms with Crippen LogP contribution in [0.1, 0.15) is 18.1 Å². The van der Waals surface area contributed by atoms with E-state index in [1.165, 1.54) is 13.2 Å². The summed E-state index contributed by atoms with van der Waals surface area (Å²) in [4.78, 5) is 24.3. The Kier molecular flexibility index (Phi) is 8.76. The highest BCUT2D eigenvalue weighted by atomic mass is 35.5. The predicted molar refractivity (Wildman–Crippen MR) is 134 cm³/mol. The molecule has 2 amide bonds. The fraction of sp³-hybridized carbons (Fsp3) is 0.125. The maximum absolute atomic E-state index is 12.2. The van der Waals surface area contributed by atoms with E-state index in [2.05, 4.69) is 15.8 Å².